The van der Waals surface area contributed by atoms with Gasteiger partial charge in [-0.1, -0.05) is 47.5 Å². The summed E-state index contributed by atoms with van der Waals surface area (Å²) in [5.74, 6) is 0. The number of halogens is 5. The van der Waals surface area contributed by atoms with E-state index in [9.17, 15) is 13.2 Å². The molecule has 0 radical (unpaired) electrons. The topological polar surface area (TPSA) is 26.0 Å². The molecule has 0 fully saturated rings. The van der Waals surface area contributed by atoms with Crippen LogP contribution in [0.3, 0.4) is 0 Å². The van der Waals surface area contributed by atoms with Crippen LogP contribution in [0.25, 0.3) is 0 Å². The summed E-state index contributed by atoms with van der Waals surface area (Å²) in [6, 6.07) is 8.82. The lowest BCUT2D eigenvalue weighted by atomic mass is 9.95. The zero-order valence-electron chi connectivity index (χ0n) is 10.1. The van der Waals surface area contributed by atoms with E-state index in [0.29, 0.717) is 10.6 Å². The number of rotatable bonds is 2. The Morgan fingerprint density at radius 2 is 1.60 bits per heavy atom. The Labute approximate surface area is 124 Å². The summed E-state index contributed by atoms with van der Waals surface area (Å²) in [7, 11) is 0. The molecule has 2 aromatic carbocycles. The molecule has 0 spiro atoms. The Morgan fingerprint density at radius 1 is 0.950 bits per heavy atom. The highest BCUT2D eigenvalue weighted by Gasteiger charge is 2.34. The van der Waals surface area contributed by atoms with Crippen LogP contribution in [-0.4, -0.2) is 0 Å². The average molecular weight is 320 g/mol. The summed E-state index contributed by atoms with van der Waals surface area (Å²) in [6.45, 7) is 0. The minimum atomic E-state index is -4.45. The molecule has 0 amide bonds. The third-order valence-electron chi connectivity index (χ3n) is 2.90. The molecule has 1 atom stereocenters. The maximum atomic E-state index is 13.0. The van der Waals surface area contributed by atoms with Crippen molar-refractivity contribution in [1.29, 1.82) is 0 Å². The van der Waals surface area contributed by atoms with Gasteiger partial charge >= 0.3 is 6.18 Å². The zero-order chi connectivity index (χ0) is 14.9. The molecule has 6 heteroatoms. The summed E-state index contributed by atoms with van der Waals surface area (Å²) >= 11 is 11.6. The fourth-order valence-electron chi connectivity index (χ4n) is 1.91. The van der Waals surface area contributed by atoms with Gasteiger partial charge in [-0.3, -0.25) is 0 Å². The highest BCUT2D eigenvalue weighted by Crippen LogP contribution is 2.36. The molecule has 20 heavy (non-hydrogen) atoms. The van der Waals surface area contributed by atoms with Crippen molar-refractivity contribution in [3.63, 3.8) is 0 Å². The first-order chi connectivity index (χ1) is 9.30. The number of benzene rings is 2. The predicted octanol–water partition coefficient (Wildman–Crippen LogP) is 5.06. The van der Waals surface area contributed by atoms with Crippen LogP contribution in [0, 0.1) is 0 Å². The van der Waals surface area contributed by atoms with Gasteiger partial charge in [-0.25, -0.2) is 0 Å². The van der Waals surface area contributed by atoms with Gasteiger partial charge in [0.1, 0.15) is 0 Å². The van der Waals surface area contributed by atoms with Gasteiger partial charge in [0.15, 0.2) is 0 Å². The lowest BCUT2D eigenvalue weighted by Crippen LogP contribution is -2.18. The fraction of sp³-hybridized carbons (Fsp3) is 0.143. The number of hydrogen-bond donors (Lipinski definition) is 1. The van der Waals surface area contributed by atoms with Gasteiger partial charge in [-0.2, -0.15) is 13.2 Å². The van der Waals surface area contributed by atoms with Gasteiger partial charge in [0, 0.05) is 0 Å². The van der Waals surface area contributed by atoms with E-state index in [4.69, 9.17) is 28.9 Å². The van der Waals surface area contributed by atoms with Gasteiger partial charge in [-0.05, 0) is 29.3 Å². The van der Waals surface area contributed by atoms with E-state index in [0.717, 1.165) is 6.07 Å². The third-order valence-corrected chi connectivity index (χ3v) is 3.64. The van der Waals surface area contributed by atoms with E-state index >= 15 is 0 Å². The number of hydrogen-bond acceptors (Lipinski definition) is 1. The zero-order valence-corrected chi connectivity index (χ0v) is 11.6. The minimum absolute atomic E-state index is 0.00149. The van der Waals surface area contributed by atoms with Crippen LogP contribution in [0.15, 0.2) is 42.5 Å². The molecule has 2 rings (SSSR count). The van der Waals surface area contributed by atoms with Crippen molar-refractivity contribution in [3.05, 3.63) is 69.2 Å². The average Bonchev–Trinajstić information content (AvgIpc) is 2.40. The molecule has 0 aromatic heterocycles. The summed E-state index contributed by atoms with van der Waals surface area (Å²) in [5.41, 5.74) is 5.65. The number of alkyl halides is 3. The first-order valence-corrected chi connectivity index (χ1v) is 6.43. The molecule has 0 aliphatic carbocycles. The molecule has 106 valence electrons. The summed E-state index contributed by atoms with van der Waals surface area (Å²) in [4.78, 5) is 0. The molecular formula is C14H10Cl2F3N. The van der Waals surface area contributed by atoms with Gasteiger partial charge in [0.05, 0.1) is 21.7 Å². The van der Waals surface area contributed by atoms with Gasteiger partial charge in [0.2, 0.25) is 0 Å². The second kappa shape index (κ2) is 5.64. The summed E-state index contributed by atoms with van der Waals surface area (Å²) in [6.07, 6.45) is -4.45. The first kappa shape index (κ1) is 15.2. The van der Waals surface area contributed by atoms with Crippen LogP contribution in [0.5, 0.6) is 0 Å². The van der Waals surface area contributed by atoms with Crippen LogP contribution in [0.1, 0.15) is 22.7 Å². The van der Waals surface area contributed by atoms with Crippen LogP contribution in [0.4, 0.5) is 13.2 Å². The lowest BCUT2D eigenvalue weighted by molar-refractivity contribution is -0.138. The van der Waals surface area contributed by atoms with E-state index < -0.39 is 17.8 Å². The van der Waals surface area contributed by atoms with Crippen molar-refractivity contribution in [1.82, 2.24) is 0 Å². The maximum absolute atomic E-state index is 13.0. The van der Waals surface area contributed by atoms with E-state index in [2.05, 4.69) is 0 Å². The van der Waals surface area contributed by atoms with Crippen LogP contribution in [-0.2, 0) is 6.18 Å². The van der Waals surface area contributed by atoms with Crippen molar-refractivity contribution in [2.45, 2.75) is 12.2 Å². The highest BCUT2D eigenvalue weighted by atomic mass is 35.5. The summed E-state index contributed by atoms with van der Waals surface area (Å²) in [5, 5.41) is 0.579. The Bertz CT molecular complexity index is 626. The molecular weight excluding hydrogens is 310 g/mol. The molecule has 0 saturated heterocycles. The monoisotopic (exact) mass is 319 g/mol. The molecule has 0 aliphatic rings. The Morgan fingerprint density at radius 3 is 2.20 bits per heavy atom. The van der Waals surface area contributed by atoms with Crippen molar-refractivity contribution in [3.8, 4) is 0 Å². The molecule has 0 aliphatic heterocycles. The smallest absolute Gasteiger partial charge is 0.320 e. The van der Waals surface area contributed by atoms with Crippen LogP contribution in [0.2, 0.25) is 10.0 Å². The van der Waals surface area contributed by atoms with Crippen molar-refractivity contribution in [2.75, 3.05) is 0 Å². The standard InChI is InChI=1S/C14H10Cl2F3N/c15-11-6-5-8(7-12(11)16)13(20)9-3-1-2-4-10(9)14(17,18)19/h1-7,13H,20H2. The van der Waals surface area contributed by atoms with E-state index in [1.165, 1.54) is 30.3 Å². The molecule has 2 aromatic rings. The quantitative estimate of drug-likeness (QED) is 0.822. The van der Waals surface area contributed by atoms with Crippen LogP contribution < -0.4 is 5.73 Å². The number of nitrogens with two attached hydrogens (primary N) is 1. The Hall–Kier alpha value is -1.23. The van der Waals surface area contributed by atoms with E-state index in [1.807, 2.05) is 0 Å². The van der Waals surface area contributed by atoms with Gasteiger partial charge < -0.3 is 5.73 Å². The van der Waals surface area contributed by atoms with E-state index in [-0.39, 0.29) is 10.6 Å². The van der Waals surface area contributed by atoms with E-state index in [1.54, 1.807) is 6.07 Å². The van der Waals surface area contributed by atoms with Gasteiger partial charge in [0.25, 0.3) is 0 Å². The predicted molar refractivity (Wildman–Crippen MR) is 73.9 cm³/mol. The van der Waals surface area contributed by atoms with Crippen molar-refractivity contribution < 1.29 is 13.2 Å². The molecule has 0 heterocycles. The molecule has 0 saturated carbocycles. The van der Waals surface area contributed by atoms with Crippen molar-refractivity contribution >= 4 is 23.2 Å². The Kier molecular flexibility index (Phi) is 4.28. The van der Waals surface area contributed by atoms with Crippen LogP contribution >= 0.6 is 23.2 Å². The Balaban J connectivity index is 2.48. The molecule has 1 unspecified atom stereocenters. The normalized spacial score (nSPS) is 13.3. The molecule has 0 bridgehead atoms. The first-order valence-electron chi connectivity index (χ1n) is 5.67. The molecule has 2 N–H and O–H groups in total. The molecule has 1 nitrogen and oxygen atoms in total. The fourth-order valence-corrected chi connectivity index (χ4v) is 2.22. The maximum Gasteiger partial charge on any atom is 0.416 e. The third kappa shape index (κ3) is 3.08. The van der Waals surface area contributed by atoms with Crippen molar-refractivity contribution in [2.24, 2.45) is 5.73 Å². The SMILES string of the molecule is NC(c1ccc(Cl)c(Cl)c1)c1ccccc1C(F)(F)F. The lowest BCUT2D eigenvalue weighted by Gasteiger charge is -2.19. The second-order valence-electron chi connectivity index (χ2n) is 4.24. The highest BCUT2D eigenvalue weighted by molar-refractivity contribution is 6.42. The minimum Gasteiger partial charge on any atom is -0.320 e. The largest absolute Gasteiger partial charge is 0.416 e. The van der Waals surface area contributed by atoms with Gasteiger partial charge in [-0.15, -0.1) is 0 Å². The second-order valence-corrected chi connectivity index (χ2v) is 5.05. The summed E-state index contributed by atoms with van der Waals surface area (Å²) < 4.78 is 38.9.